The lowest BCUT2D eigenvalue weighted by Crippen LogP contribution is -2.19. The SMILES string of the molecule is Cc1[nH]n(C)c(=O)c1C(=N)c1ccc([N+](=O)[O-])cc1. The molecule has 19 heavy (non-hydrogen) atoms. The van der Waals surface area contributed by atoms with Gasteiger partial charge in [0.2, 0.25) is 0 Å². The Morgan fingerprint density at radius 2 is 1.95 bits per heavy atom. The number of nitrogens with zero attached hydrogens (tertiary/aromatic N) is 2. The number of aromatic amines is 1. The maximum absolute atomic E-state index is 11.9. The highest BCUT2D eigenvalue weighted by molar-refractivity contribution is 6.11. The number of nitrogens with one attached hydrogen (secondary N) is 2. The Morgan fingerprint density at radius 3 is 2.37 bits per heavy atom. The molecule has 0 aliphatic carbocycles. The van der Waals surface area contributed by atoms with Gasteiger partial charge in [-0.05, 0) is 19.1 Å². The predicted octanol–water partition coefficient (Wildman–Crippen LogP) is 1.35. The zero-order valence-electron chi connectivity index (χ0n) is 10.4. The summed E-state index contributed by atoms with van der Waals surface area (Å²) in [6, 6.07) is 5.56. The lowest BCUT2D eigenvalue weighted by molar-refractivity contribution is -0.384. The number of benzene rings is 1. The Kier molecular flexibility index (Phi) is 3.04. The Bertz CT molecular complexity index is 710. The molecule has 0 unspecified atom stereocenters. The van der Waals surface area contributed by atoms with Crippen LogP contribution in [0.2, 0.25) is 0 Å². The minimum Gasteiger partial charge on any atom is -0.300 e. The molecule has 7 heteroatoms. The van der Waals surface area contributed by atoms with Gasteiger partial charge in [-0.1, -0.05) is 0 Å². The van der Waals surface area contributed by atoms with Gasteiger partial charge in [0.15, 0.2) is 0 Å². The van der Waals surface area contributed by atoms with E-state index in [4.69, 9.17) is 5.41 Å². The molecule has 0 aliphatic rings. The fourth-order valence-electron chi connectivity index (χ4n) is 1.87. The molecule has 1 aromatic heterocycles. The van der Waals surface area contributed by atoms with E-state index in [1.807, 2.05) is 0 Å². The van der Waals surface area contributed by atoms with Crippen LogP contribution >= 0.6 is 0 Å². The third-order valence-corrected chi connectivity index (χ3v) is 2.85. The summed E-state index contributed by atoms with van der Waals surface area (Å²) in [5.41, 5.74) is 1.04. The second-order valence-corrected chi connectivity index (χ2v) is 4.15. The lowest BCUT2D eigenvalue weighted by Gasteiger charge is -2.01. The zero-order valence-corrected chi connectivity index (χ0v) is 10.4. The van der Waals surface area contributed by atoms with Crippen LogP contribution in [0.5, 0.6) is 0 Å². The van der Waals surface area contributed by atoms with Crippen molar-refractivity contribution in [3.63, 3.8) is 0 Å². The van der Waals surface area contributed by atoms with Crippen LogP contribution in [0.4, 0.5) is 5.69 Å². The van der Waals surface area contributed by atoms with E-state index in [1.54, 1.807) is 14.0 Å². The first-order chi connectivity index (χ1) is 8.91. The Morgan fingerprint density at radius 1 is 1.37 bits per heavy atom. The van der Waals surface area contributed by atoms with Crippen molar-refractivity contribution in [1.82, 2.24) is 9.78 Å². The van der Waals surface area contributed by atoms with Gasteiger partial charge in [-0.3, -0.25) is 30.1 Å². The van der Waals surface area contributed by atoms with Crippen LogP contribution in [0.3, 0.4) is 0 Å². The van der Waals surface area contributed by atoms with E-state index in [0.29, 0.717) is 11.3 Å². The summed E-state index contributed by atoms with van der Waals surface area (Å²) >= 11 is 0. The van der Waals surface area contributed by atoms with Crippen molar-refractivity contribution >= 4 is 11.4 Å². The van der Waals surface area contributed by atoms with Gasteiger partial charge in [-0.25, -0.2) is 0 Å². The molecule has 7 nitrogen and oxygen atoms in total. The molecule has 2 rings (SSSR count). The second kappa shape index (κ2) is 4.52. The van der Waals surface area contributed by atoms with Crippen molar-refractivity contribution in [2.24, 2.45) is 7.05 Å². The van der Waals surface area contributed by atoms with Crippen LogP contribution in [0.15, 0.2) is 29.1 Å². The van der Waals surface area contributed by atoms with Gasteiger partial charge in [-0.15, -0.1) is 0 Å². The smallest absolute Gasteiger partial charge is 0.275 e. The molecule has 0 fully saturated rings. The van der Waals surface area contributed by atoms with Gasteiger partial charge >= 0.3 is 0 Å². The highest BCUT2D eigenvalue weighted by atomic mass is 16.6. The minimum absolute atomic E-state index is 0.0461. The van der Waals surface area contributed by atoms with E-state index in [-0.39, 0.29) is 22.5 Å². The van der Waals surface area contributed by atoms with Crippen LogP contribution < -0.4 is 5.56 Å². The van der Waals surface area contributed by atoms with Crippen LogP contribution in [-0.4, -0.2) is 20.4 Å². The van der Waals surface area contributed by atoms with E-state index in [2.05, 4.69) is 5.10 Å². The third kappa shape index (κ3) is 2.17. The predicted molar refractivity (Wildman–Crippen MR) is 69.8 cm³/mol. The maximum atomic E-state index is 11.9. The number of aromatic nitrogens is 2. The number of hydrogen-bond acceptors (Lipinski definition) is 4. The van der Waals surface area contributed by atoms with E-state index in [0.717, 1.165) is 0 Å². The molecule has 0 saturated heterocycles. The first-order valence-electron chi connectivity index (χ1n) is 5.51. The standard InChI is InChI=1S/C12H12N4O3/c1-7-10(12(17)15(2)14-7)11(13)8-3-5-9(6-4-8)16(18)19/h3-6,13-14H,1-2H3. The first kappa shape index (κ1) is 12.7. The van der Waals surface area contributed by atoms with Crippen LogP contribution in [0, 0.1) is 22.4 Å². The number of non-ortho nitro benzene ring substituents is 1. The molecule has 1 aromatic carbocycles. The summed E-state index contributed by atoms with van der Waals surface area (Å²) in [7, 11) is 1.57. The number of aryl methyl sites for hydroxylation is 2. The zero-order chi connectivity index (χ0) is 14.2. The van der Waals surface area contributed by atoms with Gasteiger partial charge < -0.3 is 0 Å². The quantitative estimate of drug-likeness (QED) is 0.494. The van der Waals surface area contributed by atoms with Gasteiger partial charge in [-0.2, -0.15) is 0 Å². The van der Waals surface area contributed by atoms with E-state index < -0.39 is 4.92 Å². The Balaban J connectivity index is 2.44. The molecule has 98 valence electrons. The molecule has 2 N–H and O–H groups in total. The number of rotatable bonds is 3. The molecular formula is C12H12N4O3. The van der Waals surface area contributed by atoms with Crippen molar-refractivity contribution in [2.45, 2.75) is 6.92 Å². The average Bonchev–Trinajstić information content (AvgIpc) is 2.62. The highest BCUT2D eigenvalue weighted by Gasteiger charge is 2.16. The summed E-state index contributed by atoms with van der Waals surface area (Å²) in [5.74, 6) is 0. The van der Waals surface area contributed by atoms with E-state index >= 15 is 0 Å². The molecule has 0 saturated carbocycles. The van der Waals surface area contributed by atoms with Crippen molar-refractivity contribution in [3.05, 3.63) is 61.6 Å². The summed E-state index contributed by atoms with van der Waals surface area (Å²) in [4.78, 5) is 21.9. The number of hydrogen-bond donors (Lipinski definition) is 2. The van der Waals surface area contributed by atoms with Crippen LogP contribution in [0.25, 0.3) is 0 Å². The molecular weight excluding hydrogens is 248 g/mol. The summed E-state index contributed by atoms with van der Waals surface area (Å²) in [6.07, 6.45) is 0. The highest BCUT2D eigenvalue weighted by Crippen LogP contribution is 2.15. The molecule has 0 bridgehead atoms. The molecule has 0 amide bonds. The minimum atomic E-state index is -0.506. The summed E-state index contributed by atoms with van der Waals surface area (Å²) < 4.78 is 1.30. The monoisotopic (exact) mass is 260 g/mol. The Hall–Kier alpha value is -2.70. The number of H-pyrrole nitrogens is 1. The molecule has 1 heterocycles. The summed E-state index contributed by atoms with van der Waals surface area (Å²) in [5, 5.41) is 21.4. The molecule has 0 aliphatic heterocycles. The normalized spacial score (nSPS) is 10.4. The fourth-order valence-corrected chi connectivity index (χ4v) is 1.87. The second-order valence-electron chi connectivity index (χ2n) is 4.15. The number of nitro benzene ring substituents is 1. The molecule has 0 atom stereocenters. The lowest BCUT2D eigenvalue weighted by atomic mass is 10.0. The number of nitro groups is 1. The van der Waals surface area contributed by atoms with Crippen molar-refractivity contribution < 1.29 is 4.92 Å². The molecule has 0 spiro atoms. The van der Waals surface area contributed by atoms with Gasteiger partial charge in [0, 0.05) is 30.4 Å². The summed E-state index contributed by atoms with van der Waals surface area (Å²) in [6.45, 7) is 1.71. The van der Waals surface area contributed by atoms with E-state index in [9.17, 15) is 14.9 Å². The van der Waals surface area contributed by atoms with Crippen molar-refractivity contribution in [1.29, 1.82) is 5.41 Å². The van der Waals surface area contributed by atoms with E-state index in [1.165, 1.54) is 28.9 Å². The van der Waals surface area contributed by atoms with Gasteiger partial charge in [0.05, 0.1) is 16.2 Å². The van der Waals surface area contributed by atoms with Crippen molar-refractivity contribution in [2.75, 3.05) is 0 Å². The molecule has 2 aromatic rings. The fraction of sp³-hybridized carbons (Fsp3) is 0.167. The third-order valence-electron chi connectivity index (χ3n) is 2.85. The van der Waals surface area contributed by atoms with Crippen LogP contribution in [0.1, 0.15) is 16.8 Å². The largest absolute Gasteiger partial charge is 0.300 e. The van der Waals surface area contributed by atoms with Gasteiger partial charge in [0.25, 0.3) is 11.2 Å². The van der Waals surface area contributed by atoms with Crippen molar-refractivity contribution in [3.8, 4) is 0 Å². The maximum Gasteiger partial charge on any atom is 0.275 e. The average molecular weight is 260 g/mol. The topological polar surface area (TPSA) is 105 Å². The first-order valence-corrected chi connectivity index (χ1v) is 5.51. The molecule has 0 radical (unpaired) electrons. The van der Waals surface area contributed by atoms with Gasteiger partial charge in [0.1, 0.15) is 0 Å². The Labute approximate surface area is 108 Å². The van der Waals surface area contributed by atoms with Crippen LogP contribution in [-0.2, 0) is 7.05 Å².